The van der Waals surface area contributed by atoms with Crippen LogP contribution in [0.25, 0.3) is 55.0 Å². The van der Waals surface area contributed by atoms with Gasteiger partial charge in [0, 0.05) is 26.6 Å². The van der Waals surface area contributed by atoms with Gasteiger partial charge in [-0.3, -0.25) is 0 Å². The molecule has 0 radical (unpaired) electrons. The molecule has 0 aliphatic carbocycles. The Morgan fingerprint density at radius 1 is 0.426 bits per heavy atom. The Bertz CT molecular complexity index is 2290. The average Bonchev–Trinajstić information content (AvgIpc) is 3.65. The van der Waals surface area contributed by atoms with Crippen molar-refractivity contribution < 1.29 is 0 Å². The quantitative estimate of drug-likeness (QED) is 0.188. The van der Waals surface area contributed by atoms with Crippen molar-refractivity contribution in [2.24, 2.45) is 0 Å². The van der Waals surface area contributed by atoms with Gasteiger partial charge in [-0.05, 0) is 99.2 Å². The van der Waals surface area contributed by atoms with E-state index in [9.17, 15) is 0 Å². The van der Waals surface area contributed by atoms with E-state index in [1.54, 1.807) is 0 Å². The van der Waals surface area contributed by atoms with Crippen LogP contribution in [-0.2, 0) is 0 Å². The Morgan fingerprint density at radius 3 is 1.62 bits per heavy atom. The Morgan fingerprint density at radius 2 is 0.979 bits per heavy atom. The molecule has 0 saturated carbocycles. The Hall–Kier alpha value is -5.49. The molecule has 9 rings (SSSR count). The summed E-state index contributed by atoms with van der Waals surface area (Å²) in [5.74, 6) is 0.750. The lowest BCUT2D eigenvalue weighted by atomic mass is 10.0. The Balaban J connectivity index is 1.09. The predicted molar refractivity (Wildman–Crippen MR) is 198 cm³/mol. The molecule has 3 nitrogen and oxygen atoms in total. The molecule has 0 spiro atoms. The van der Waals surface area contributed by atoms with E-state index in [-0.39, 0.29) is 0 Å². The SMILES string of the molecule is c1ccc(-c2ccc3c(c2)Sc2cc(-c4ccccc4)ccc2N3c2ccc(-c3nsc(-c4ccc5ccccc5c4)n3)cc2)cc1. The molecule has 0 fully saturated rings. The summed E-state index contributed by atoms with van der Waals surface area (Å²) >= 11 is 3.28. The fraction of sp³-hybridized carbons (Fsp3) is 0. The van der Waals surface area contributed by atoms with Crippen LogP contribution < -0.4 is 4.90 Å². The molecule has 2 heterocycles. The normalized spacial score (nSPS) is 12.1. The van der Waals surface area contributed by atoms with Gasteiger partial charge in [-0.2, -0.15) is 4.37 Å². The van der Waals surface area contributed by atoms with Crippen LogP contribution in [0.4, 0.5) is 17.1 Å². The van der Waals surface area contributed by atoms with E-state index < -0.39 is 0 Å². The van der Waals surface area contributed by atoms with E-state index in [1.807, 2.05) is 11.8 Å². The molecule has 47 heavy (non-hydrogen) atoms. The van der Waals surface area contributed by atoms with Crippen LogP contribution >= 0.6 is 23.3 Å². The van der Waals surface area contributed by atoms with Crippen molar-refractivity contribution in [3.8, 4) is 44.2 Å². The van der Waals surface area contributed by atoms with Crippen molar-refractivity contribution in [2.75, 3.05) is 4.90 Å². The molecule has 0 N–H and O–H groups in total. The molecule has 222 valence electrons. The van der Waals surface area contributed by atoms with Crippen LogP contribution in [0.2, 0.25) is 0 Å². The highest BCUT2D eigenvalue weighted by atomic mass is 32.2. The zero-order valence-corrected chi connectivity index (χ0v) is 26.9. The van der Waals surface area contributed by atoms with E-state index in [0.29, 0.717) is 0 Å². The number of hydrogen-bond acceptors (Lipinski definition) is 5. The maximum Gasteiger partial charge on any atom is 0.173 e. The lowest BCUT2D eigenvalue weighted by Gasteiger charge is -2.33. The van der Waals surface area contributed by atoms with Crippen LogP contribution in [0.1, 0.15) is 0 Å². The van der Waals surface area contributed by atoms with Gasteiger partial charge >= 0.3 is 0 Å². The zero-order chi connectivity index (χ0) is 31.2. The smallest absolute Gasteiger partial charge is 0.173 e. The summed E-state index contributed by atoms with van der Waals surface area (Å²) < 4.78 is 4.75. The van der Waals surface area contributed by atoms with Crippen molar-refractivity contribution in [2.45, 2.75) is 9.79 Å². The third-order valence-electron chi connectivity index (χ3n) is 8.64. The van der Waals surface area contributed by atoms with Gasteiger partial charge in [0.15, 0.2) is 5.82 Å². The molecular weight excluding hydrogens is 611 g/mol. The van der Waals surface area contributed by atoms with Crippen molar-refractivity contribution in [3.63, 3.8) is 0 Å². The molecule has 1 aromatic heterocycles. The second-order valence-electron chi connectivity index (χ2n) is 11.6. The van der Waals surface area contributed by atoms with Gasteiger partial charge in [0.1, 0.15) is 5.01 Å². The van der Waals surface area contributed by atoms with E-state index in [1.165, 1.54) is 65.7 Å². The number of fused-ring (bicyclic) bond motifs is 3. The average molecular weight is 638 g/mol. The highest BCUT2D eigenvalue weighted by Gasteiger charge is 2.26. The number of rotatable bonds is 5. The minimum atomic E-state index is 0.750. The standard InChI is InChI=1S/C42H27N3S2/c1-3-9-28(10-4-1)33-19-23-37-39(26-33)46-40-27-34(29-11-5-2-6-12-29)20-24-38(40)45(37)36-21-17-31(18-22-36)41-43-42(47-44-41)35-16-15-30-13-7-8-14-32(30)25-35/h1-27H. The number of nitrogens with zero attached hydrogens (tertiary/aromatic N) is 3. The molecule has 0 saturated heterocycles. The summed E-state index contributed by atoms with van der Waals surface area (Å²) in [4.78, 5) is 9.78. The maximum absolute atomic E-state index is 4.94. The first kappa shape index (κ1) is 27.8. The fourth-order valence-electron chi connectivity index (χ4n) is 6.25. The van der Waals surface area contributed by atoms with E-state index >= 15 is 0 Å². The molecule has 0 bridgehead atoms. The van der Waals surface area contributed by atoms with E-state index in [2.05, 4.69) is 169 Å². The first-order valence-electron chi connectivity index (χ1n) is 15.6. The van der Waals surface area contributed by atoms with Crippen molar-refractivity contribution in [1.29, 1.82) is 0 Å². The van der Waals surface area contributed by atoms with E-state index in [4.69, 9.17) is 9.36 Å². The van der Waals surface area contributed by atoms with Crippen LogP contribution in [0.15, 0.2) is 174 Å². The van der Waals surface area contributed by atoms with Crippen molar-refractivity contribution >= 4 is 51.1 Å². The molecule has 5 heteroatoms. The first-order valence-corrected chi connectivity index (χ1v) is 17.2. The monoisotopic (exact) mass is 637 g/mol. The Kier molecular flexibility index (Phi) is 6.92. The maximum atomic E-state index is 4.94. The van der Waals surface area contributed by atoms with E-state index in [0.717, 1.165) is 27.6 Å². The first-order chi connectivity index (χ1) is 23.3. The molecule has 0 atom stereocenters. The van der Waals surface area contributed by atoms with Gasteiger partial charge in [0.05, 0.1) is 11.4 Å². The zero-order valence-electron chi connectivity index (χ0n) is 25.2. The summed E-state index contributed by atoms with van der Waals surface area (Å²) in [5.41, 5.74) is 10.4. The van der Waals surface area contributed by atoms with Gasteiger partial charge in [-0.15, -0.1) is 0 Å². The summed E-state index contributed by atoms with van der Waals surface area (Å²) in [6.45, 7) is 0. The summed E-state index contributed by atoms with van der Waals surface area (Å²) in [6.07, 6.45) is 0. The van der Waals surface area contributed by atoms with Gasteiger partial charge in [0.25, 0.3) is 0 Å². The van der Waals surface area contributed by atoms with Crippen LogP contribution in [0.3, 0.4) is 0 Å². The summed E-state index contributed by atoms with van der Waals surface area (Å²) in [7, 11) is 0. The molecule has 0 unspecified atom stereocenters. The second kappa shape index (κ2) is 11.7. The number of hydrogen-bond donors (Lipinski definition) is 0. The van der Waals surface area contributed by atoms with Gasteiger partial charge in [-0.1, -0.05) is 121 Å². The fourth-order valence-corrected chi connectivity index (χ4v) is 8.06. The topological polar surface area (TPSA) is 29.0 Å². The number of aromatic nitrogens is 2. The largest absolute Gasteiger partial charge is 0.308 e. The summed E-state index contributed by atoms with van der Waals surface area (Å²) in [6, 6.07) is 58.3. The lowest BCUT2D eigenvalue weighted by Crippen LogP contribution is -2.15. The minimum absolute atomic E-state index is 0.750. The summed E-state index contributed by atoms with van der Waals surface area (Å²) in [5, 5.41) is 3.36. The molecular formula is C42H27N3S2. The molecule has 7 aromatic carbocycles. The second-order valence-corrected chi connectivity index (χ2v) is 13.4. The number of benzene rings is 7. The minimum Gasteiger partial charge on any atom is -0.308 e. The number of anilines is 3. The highest BCUT2D eigenvalue weighted by molar-refractivity contribution is 7.99. The van der Waals surface area contributed by atoms with Crippen LogP contribution in [0, 0.1) is 0 Å². The van der Waals surface area contributed by atoms with Crippen molar-refractivity contribution in [3.05, 3.63) is 164 Å². The van der Waals surface area contributed by atoms with Crippen LogP contribution in [0.5, 0.6) is 0 Å². The van der Waals surface area contributed by atoms with Gasteiger partial charge < -0.3 is 4.90 Å². The third-order valence-corrected chi connectivity index (χ3v) is 10.5. The van der Waals surface area contributed by atoms with Gasteiger partial charge in [0.2, 0.25) is 0 Å². The van der Waals surface area contributed by atoms with Crippen molar-refractivity contribution in [1.82, 2.24) is 9.36 Å². The molecule has 0 amide bonds. The highest BCUT2D eigenvalue weighted by Crippen LogP contribution is 2.53. The molecule has 1 aliphatic heterocycles. The molecule has 1 aliphatic rings. The lowest BCUT2D eigenvalue weighted by molar-refractivity contribution is 1.17. The molecule has 8 aromatic rings. The third kappa shape index (κ3) is 5.20. The van der Waals surface area contributed by atoms with Gasteiger partial charge in [-0.25, -0.2) is 4.98 Å². The Labute approximate surface area is 282 Å². The van der Waals surface area contributed by atoms with Crippen LogP contribution in [-0.4, -0.2) is 9.36 Å². The predicted octanol–water partition coefficient (Wildman–Crippen LogP) is 12.3.